The van der Waals surface area contributed by atoms with Gasteiger partial charge in [0.05, 0.1) is 24.1 Å². The van der Waals surface area contributed by atoms with Crippen molar-refractivity contribution in [3.8, 4) is 11.4 Å². The lowest BCUT2D eigenvalue weighted by molar-refractivity contribution is 0.354. The molecule has 0 amide bonds. The van der Waals surface area contributed by atoms with E-state index in [1.807, 2.05) is 13.2 Å². The number of aromatic nitrogens is 6. The van der Waals surface area contributed by atoms with Crippen molar-refractivity contribution in [2.24, 2.45) is 12.8 Å². The molecule has 0 unspecified atom stereocenters. The second-order valence-electron chi connectivity index (χ2n) is 4.25. The van der Waals surface area contributed by atoms with Crippen molar-refractivity contribution in [1.82, 2.24) is 29.9 Å². The van der Waals surface area contributed by atoms with Gasteiger partial charge in [0.1, 0.15) is 0 Å². The van der Waals surface area contributed by atoms with Crippen LogP contribution in [-0.2, 0) is 13.5 Å². The highest BCUT2D eigenvalue weighted by atomic mass is 16.5. The van der Waals surface area contributed by atoms with E-state index in [9.17, 15) is 0 Å². The highest BCUT2D eigenvalue weighted by molar-refractivity contribution is 5.51. The Morgan fingerprint density at radius 2 is 2.37 bits per heavy atom. The summed E-state index contributed by atoms with van der Waals surface area (Å²) in [7, 11) is 1.83. The summed E-state index contributed by atoms with van der Waals surface area (Å²) in [5.41, 5.74) is 7.74. The first-order valence-electron chi connectivity index (χ1n) is 5.78. The minimum Gasteiger partial charge on any atom is -0.348 e. The number of rotatable bonds is 4. The molecule has 0 fully saturated rings. The van der Waals surface area contributed by atoms with Crippen molar-refractivity contribution in [2.45, 2.75) is 12.5 Å². The van der Waals surface area contributed by atoms with E-state index in [4.69, 9.17) is 10.3 Å². The van der Waals surface area contributed by atoms with Gasteiger partial charge in [-0.05, 0) is 0 Å². The van der Waals surface area contributed by atoms with Crippen molar-refractivity contribution in [3.63, 3.8) is 0 Å². The van der Waals surface area contributed by atoms with E-state index in [2.05, 4.69) is 25.2 Å². The molecule has 8 nitrogen and oxygen atoms in total. The van der Waals surface area contributed by atoms with Crippen LogP contribution in [0.1, 0.15) is 17.6 Å². The molecule has 0 saturated heterocycles. The van der Waals surface area contributed by atoms with Crippen molar-refractivity contribution in [3.05, 3.63) is 36.5 Å². The van der Waals surface area contributed by atoms with Crippen molar-refractivity contribution in [2.75, 3.05) is 0 Å². The SMILES string of the molecule is Cn1cc(-c2noc([C@H](N)Cc3cnc[nH]3)n2)cn1. The van der Waals surface area contributed by atoms with Gasteiger partial charge in [0.15, 0.2) is 0 Å². The topological polar surface area (TPSA) is 111 Å². The minimum atomic E-state index is -0.363. The number of nitrogens with two attached hydrogens (primary N) is 1. The van der Waals surface area contributed by atoms with Gasteiger partial charge in [-0.2, -0.15) is 10.1 Å². The molecule has 0 radical (unpaired) electrons. The van der Waals surface area contributed by atoms with Crippen LogP contribution < -0.4 is 5.73 Å². The number of hydrogen-bond acceptors (Lipinski definition) is 6. The van der Waals surface area contributed by atoms with Crippen LogP contribution in [0, 0.1) is 0 Å². The van der Waals surface area contributed by atoms with E-state index in [0.717, 1.165) is 11.3 Å². The fourth-order valence-corrected chi connectivity index (χ4v) is 1.76. The molecule has 0 aliphatic carbocycles. The van der Waals surface area contributed by atoms with Crippen molar-refractivity contribution in [1.29, 1.82) is 0 Å². The first kappa shape index (κ1) is 11.6. The maximum Gasteiger partial charge on any atom is 0.244 e. The third-order valence-corrected chi connectivity index (χ3v) is 2.72. The van der Waals surface area contributed by atoms with Gasteiger partial charge in [0, 0.05) is 31.6 Å². The first-order chi connectivity index (χ1) is 9.22. The number of H-pyrrole nitrogens is 1. The van der Waals surface area contributed by atoms with Gasteiger partial charge in [-0.25, -0.2) is 4.98 Å². The van der Waals surface area contributed by atoms with Gasteiger partial charge in [-0.1, -0.05) is 5.16 Å². The van der Waals surface area contributed by atoms with Crippen LogP contribution in [0.25, 0.3) is 11.4 Å². The second-order valence-corrected chi connectivity index (χ2v) is 4.25. The van der Waals surface area contributed by atoms with Crippen molar-refractivity contribution >= 4 is 0 Å². The van der Waals surface area contributed by atoms with Crippen LogP contribution in [0.5, 0.6) is 0 Å². The Morgan fingerprint density at radius 1 is 1.47 bits per heavy atom. The molecule has 3 aromatic heterocycles. The van der Waals surface area contributed by atoms with Gasteiger partial charge in [-0.15, -0.1) is 0 Å². The Kier molecular flexibility index (Phi) is 2.84. The molecule has 19 heavy (non-hydrogen) atoms. The lowest BCUT2D eigenvalue weighted by atomic mass is 10.2. The second kappa shape index (κ2) is 4.65. The largest absolute Gasteiger partial charge is 0.348 e. The number of imidazole rings is 1. The van der Waals surface area contributed by atoms with Gasteiger partial charge in [0.2, 0.25) is 11.7 Å². The van der Waals surface area contributed by atoms with E-state index in [-0.39, 0.29) is 6.04 Å². The van der Waals surface area contributed by atoms with Crippen LogP contribution in [0.15, 0.2) is 29.4 Å². The molecule has 0 aromatic carbocycles. The summed E-state index contributed by atoms with van der Waals surface area (Å²) in [6.07, 6.45) is 7.38. The highest BCUT2D eigenvalue weighted by Crippen LogP contribution is 2.18. The van der Waals surface area contributed by atoms with Crippen LogP contribution in [0.4, 0.5) is 0 Å². The number of aromatic amines is 1. The van der Waals surface area contributed by atoms with Gasteiger partial charge >= 0.3 is 0 Å². The summed E-state index contributed by atoms with van der Waals surface area (Å²) in [4.78, 5) is 11.2. The number of nitrogens with one attached hydrogen (secondary N) is 1. The van der Waals surface area contributed by atoms with E-state index in [0.29, 0.717) is 18.1 Å². The summed E-state index contributed by atoms with van der Waals surface area (Å²) in [5, 5.41) is 7.96. The molecule has 0 spiro atoms. The standard InChI is InChI=1S/C11H13N7O/c1-18-5-7(3-15-18)10-16-11(19-17-10)9(12)2-8-4-13-6-14-8/h3-6,9H,2,12H2,1H3,(H,13,14)/t9-/m1/s1. The quantitative estimate of drug-likeness (QED) is 0.703. The lowest BCUT2D eigenvalue weighted by Crippen LogP contribution is -2.13. The maximum absolute atomic E-state index is 6.02. The Hall–Kier alpha value is -2.48. The normalized spacial score (nSPS) is 12.7. The Balaban J connectivity index is 1.77. The van der Waals surface area contributed by atoms with E-state index in [1.165, 1.54) is 0 Å². The zero-order chi connectivity index (χ0) is 13.2. The summed E-state index contributed by atoms with van der Waals surface area (Å²) in [6, 6.07) is -0.363. The molecule has 98 valence electrons. The van der Waals surface area contributed by atoms with Crippen LogP contribution in [0.3, 0.4) is 0 Å². The fourth-order valence-electron chi connectivity index (χ4n) is 1.76. The van der Waals surface area contributed by atoms with Gasteiger partial charge in [-0.3, -0.25) is 4.68 Å². The van der Waals surface area contributed by atoms with Crippen LogP contribution >= 0.6 is 0 Å². The zero-order valence-electron chi connectivity index (χ0n) is 10.3. The third-order valence-electron chi connectivity index (χ3n) is 2.72. The van der Waals surface area contributed by atoms with E-state index < -0.39 is 0 Å². The summed E-state index contributed by atoms with van der Waals surface area (Å²) in [6.45, 7) is 0. The number of nitrogens with zero attached hydrogens (tertiary/aromatic N) is 5. The molecule has 0 bridgehead atoms. The summed E-state index contributed by atoms with van der Waals surface area (Å²) in [5.74, 6) is 0.886. The minimum absolute atomic E-state index is 0.363. The molecule has 3 N–H and O–H groups in total. The Bertz CT molecular complexity index is 654. The molecule has 0 aliphatic heterocycles. The predicted molar refractivity (Wildman–Crippen MR) is 65.7 cm³/mol. The summed E-state index contributed by atoms with van der Waals surface area (Å²) < 4.78 is 6.86. The fraction of sp³-hybridized carbons (Fsp3) is 0.273. The van der Waals surface area contributed by atoms with E-state index in [1.54, 1.807) is 23.4 Å². The maximum atomic E-state index is 6.02. The molecule has 8 heteroatoms. The molecular formula is C11H13N7O. The Morgan fingerprint density at radius 3 is 3.05 bits per heavy atom. The smallest absolute Gasteiger partial charge is 0.244 e. The molecule has 3 rings (SSSR count). The molecule has 0 aliphatic rings. The van der Waals surface area contributed by atoms with Crippen molar-refractivity contribution < 1.29 is 4.52 Å². The average molecular weight is 259 g/mol. The molecular weight excluding hydrogens is 246 g/mol. The summed E-state index contributed by atoms with van der Waals surface area (Å²) >= 11 is 0. The lowest BCUT2D eigenvalue weighted by Gasteiger charge is -2.03. The molecule has 1 atom stereocenters. The van der Waals surface area contributed by atoms with Crippen LogP contribution in [0.2, 0.25) is 0 Å². The third kappa shape index (κ3) is 2.38. The number of hydrogen-bond donors (Lipinski definition) is 2. The molecule has 0 saturated carbocycles. The number of aryl methyl sites for hydroxylation is 1. The highest BCUT2D eigenvalue weighted by Gasteiger charge is 2.17. The van der Waals surface area contributed by atoms with Gasteiger partial charge in [0.25, 0.3) is 0 Å². The monoisotopic (exact) mass is 259 g/mol. The average Bonchev–Trinajstić information content (AvgIpc) is 3.07. The molecule has 3 heterocycles. The molecule has 3 aromatic rings. The zero-order valence-corrected chi connectivity index (χ0v) is 10.3. The van der Waals surface area contributed by atoms with Gasteiger partial charge < -0.3 is 15.2 Å². The van der Waals surface area contributed by atoms with E-state index >= 15 is 0 Å². The first-order valence-corrected chi connectivity index (χ1v) is 5.78. The Labute approximate surface area is 108 Å². The predicted octanol–water partition coefficient (Wildman–Crippen LogP) is 0.436. The van der Waals surface area contributed by atoms with Crippen LogP contribution in [-0.4, -0.2) is 29.9 Å².